The SMILES string of the molecule is COCCCN1C(=O)C(=O)C(=C(O)c2ccc(OCC(C)C)cc2C)[C@H]1c1ccc(OC)c(OC)c1. The van der Waals surface area contributed by atoms with Crippen molar-refractivity contribution in [3.05, 3.63) is 58.7 Å². The number of nitrogens with zero attached hydrogens (tertiary/aromatic N) is 1. The number of aliphatic hydroxyl groups excluding tert-OH is 1. The predicted molar refractivity (Wildman–Crippen MR) is 137 cm³/mol. The van der Waals surface area contributed by atoms with Gasteiger partial charge in [0.2, 0.25) is 0 Å². The molecule has 1 amide bonds. The molecule has 0 aliphatic carbocycles. The lowest BCUT2D eigenvalue weighted by atomic mass is 9.93. The second-order valence-corrected chi connectivity index (χ2v) is 9.13. The molecule has 1 saturated heterocycles. The van der Waals surface area contributed by atoms with Crippen LogP contribution in [0.25, 0.3) is 5.76 Å². The maximum atomic E-state index is 13.3. The number of ketones is 1. The molecule has 1 aliphatic rings. The van der Waals surface area contributed by atoms with E-state index in [1.54, 1.807) is 37.4 Å². The quantitative estimate of drug-likeness (QED) is 0.211. The van der Waals surface area contributed by atoms with Crippen LogP contribution in [0, 0.1) is 12.8 Å². The zero-order valence-electron chi connectivity index (χ0n) is 21.8. The zero-order valence-corrected chi connectivity index (χ0v) is 21.8. The first-order valence-corrected chi connectivity index (χ1v) is 12.0. The molecule has 0 bridgehead atoms. The molecule has 0 radical (unpaired) electrons. The minimum absolute atomic E-state index is 0.0311. The number of aryl methyl sites for hydroxylation is 1. The molecular weight excluding hydrogens is 462 g/mol. The average molecular weight is 498 g/mol. The molecule has 0 aromatic heterocycles. The summed E-state index contributed by atoms with van der Waals surface area (Å²) in [5.41, 5.74) is 1.85. The Morgan fingerprint density at radius 1 is 1.03 bits per heavy atom. The van der Waals surface area contributed by atoms with Gasteiger partial charge in [-0.15, -0.1) is 0 Å². The molecule has 1 fully saturated rings. The monoisotopic (exact) mass is 497 g/mol. The summed E-state index contributed by atoms with van der Waals surface area (Å²) in [6.45, 7) is 7.24. The number of carbonyl (C=O) groups excluding carboxylic acids is 2. The molecule has 1 N–H and O–H groups in total. The number of hydrogen-bond acceptors (Lipinski definition) is 7. The van der Waals surface area contributed by atoms with Gasteiger partial charge in [-0.25, -0.2) is 0 Å². The van der Waals surface area contributed by atoms with Gasteiger partial charge in [0, 0.05) is 25.8 Å². The zero-order chi connectivity index (χ0) is 26.4. The maximum Gasteiger partial charge on any atom is 0.295 e. The van der Waals surface area contributed by atoms with Gasteiger partial charge in [-0.1, -0.05) is 19.9 Å². The number of ether oxygens (including phenoxy) is 4. The Hall–Kier alpha value is -3.52. The van der Waals surface area contributed by atoms with Crippen molar-refractivity contribution < 1.29 is 33.6 Å². The standard InChI is InChI=1S/C28H35NO7/c1-17(2)16-36-20-9-10-21(18(3)14-20)26(30)24-25(19-8-11-22(34-5)23(15-19)35-6)29(12-7-13-33-4)28(32)27(24)31/h8-11,14-15,17,25,30H,7,12-13,16H2,1-6H3/t25-/m1/s1. The molecule has 3 rings (SSSR count). The number of amides is 1. The number of benzene rings is 2. The van der Waals surface area contributed by atoms with E-state index in [-0.39, 0.29) is 17.9 Å². The lowest BCUT2D eigenvalue weighted by Gasteiger charge is -2.26. The number of carbonyl (C=O) groups is 2. The fourth-order valence-corrected chi connectivity index (χ4v) is 4.26. The Bertz CT molecular complexity index is 1140. The Balaban J connectivity index is 2.12. The molecule has 0 spiro atoms. The van der Waals surface area contributed by atoms with E-state index in [1.807, 2.05) is 13.0 Å². The first-order chi connectivity index (χ1) is 17.2. The van der Waals surface area contributed by atoms with Crippen molar-refractivity contribution in [2.45, 2.75) is 33.2 Å². The van der Waals surface area contributed by atoms with E-state index in [0.29, 0.717) is 53.9 Å². The van der Waals surface area contributed by atoms with Gasteiger partial charge in [-0.05, 0) is 60.7 Å². The van der Waals surface area contributed by atoms with Crippen molar-refractivity contribution in [3.8, 4) is 17.2 Å². The Morgan fingerprint density at radius 3 is 2.36 bits per heavy atom. The van der Waals surface area contributed by atoms with Crippen LogP contribution in [0.15, 0.2) is 42.0 Å². The first-order valence-electron chi connectivity index (χ1n) is 12.0. The van der Waals surface area contributed by atoms with Crippen LogP contribution in [0.5, 0.6) is 17.2 Å². The minimum Gasteiger partial charge on any atom is -0.507 e. The fraction of sp³-hybridized carbons (Fsp3) is 0.429. The molecule has 8 nitrogen and oxygen atoms in total. The molecule has 194 valence electrons. The smallest absolute Gasteiger partial charge is 0.295 e. The van der Waals surface area contributed by atoms with Gasteiger partial charge in [0.1, 0.15) is 11.5 Å². The molecule has 2 aromatic carbocycles. The molecule has 1 atom stereocenters. The van der Waals surface area contributed by atoms with E-state index in [4.69, 9.17) is 18.9 Å². The lowest BCUT2D eigenvalue weighted by Crippen LogP contribution is -2.31. The second-order valence-electron chi connectivity index (χ2n) is 9.13. The summed E-state index contributed by atoms with van der Waals surface area (Å²) in [5.74, 6) is 0.399. The van der Waals surface area contributed by atoms with Gasteiger partial charge >= 0.3 is 0 Å². The third kappa shape index (κ3) is 5.65. The first kappa shape index (κ1) is 27.1. The van der Waals surface area contributed by atoms with Crippen LogP contribution in [0.2, 0.25) is 0 Å². The third-order valence-corrected chi connectivity index (χ3v) is 6.05. The highest BCUT2D eigenvalue weighted by Gasteiger charge is 2.46. The van der Waals surface area contributed by atoms with Crippen molar-refractivity contribution in [3.63, 3.8) is 0 Å². The van der Waals surface area contributed by atoms with E-state index >= 15 is 0 Å². The average Bonchev–Trinajstić information content (AvgIpc) is 3.11. The highest BCUT2D eigenvalue weighted by molar-refractivity contribution is 6.46. The van der Waals surface area contributed by atoms with Gasteiger partial charge in [-0.2, -0.15) is 0 Å². The van der Waals surface area contributed by atoms with Crippen LogP contribution >= 0.6 is 0 Å². The maximum absolute atomic E-state index is 13.3. The molecule has 2 aromatic rings. The van der Waals surface area contributed by atoms with Crippen molar-refractivity contribution in [2.75, 3.05) is 41.1 Å². The van der Waals surface area contributed by atoms with Crippen LogP contribution in [0.1, 0.15) is 43.0 Å². The molecule has 1 aliphatic heterocycles. The highest BCUT2D eigenvalue weighted by atomic mass is 16.5. The molecule has 8 heteroatoms. The van der Waals surface area contributed by atoms with E-state index in [0.717, 1.165) is 5.56 Å². The molecule has 36 heavy (non-hydrogen) atoms. The summed E-state index contributed by atoms with van der Waals surface area (Å²) in [6, 6.07) is 9.70. The fourth-order valence-electron chi connectivity index (χ4n) is 4.26. The largest absolute Gasteiger partial charge is 0.507 e. The molecule has 0 saturated carbocycles. The summed E-state index contributed by atoms with van der Waals surface area (Å²) in [7, 11) is 4.63. The summed E-state index contributed by atoms with van der Waals surface area (Å²) < 4.78 is 21.7. The van der Waals surface area contributed by atoms with Crippen LogP contribution in [0.3, 0.4) is 0 Å². The summed E-state index contributed by atoms with van der Waals surface area (Å²) in [5, 5.41) is 11.4. The van der Waals surface area contributed by atoms with Gasteiger partial charge in [0.05, 0.1) is 32.4 Å². The van der Waals surface area contributed by atoms with Crippen molar-refractivity contribution in [1.29, 1.82) is 0 Å². The summed E-state index contributed by atoms with van der Waals surface area (Å²) >= 11 is 0. The Morgan fingerprint density at radius 2 is 1.75 bits per heavy atom. The van der Waals surface area contributed by atoms with Crippen LogP contribution in [0.4, 0.5) is 0 Å². The number of likely N-dealkylation sites (tertiary alicyclic amines) is 1. The minimum atomic E-state index is -0.794. The number of hydrogen-bond donors (Lipinski definition) is 1. The van der Waals surface area contributed by atoms with Gasteiger partial charge < -0.3 is 29.0 Å². The normalized spacial score (nSPS) is 17.1. The summed E-state index contributed by atoms with van der Waals surface area (Å²) in [4.78, 5) is 27.8. The number of Topliss-reactive ketones (excluding diaryl/α,β-unsaturated/α-hetero) is 1. The molecular formula is C28H35NO7. The van der Waals surface area contributed by atoms with E-state index in [1.165, 1.54) is 19.1 Å². The third-order valence-electron chi connectivity index (χ3n) is 6.05. The topological polar surface area (TPSA) is 94.5 Å². The van der Waals surface area contributed by atoms with E-state index in [9.17, 15) is 14.7 Å². The summed E-state index contributed by atoms with van der Waals surface area (Å²) in [6.07, 6.45) is 0.536. The van der Waals surface area contributed by atoms with Gasteiger partial charge in [-0.3, -0.25) is 9.59 Å². The lowest BCUT2D eigenvalue weighted by molar-refractivity contribution is -0.140. The van der Waals surface area contributed by atoms with Gasteiger partial charge in [0.15, 0.2) is 11.5 Å². The van der Waals surface area contributed by atoms with Crippen LogP contribution in [-0.2, 0) is 14.3 Å². The van der Waals surface area contributed by atoms with Crippen molar-refractivity contribution >= 4 is 17.4 Å². The van der Waals surface area contributed by atoms with E-state index < -0.39 is 17.7 Å². The number of aliphatic hydroxyl groups is 1. The second kappa shape index (κ2) is 11.9. The Labute approximate surface area is 212 Å². The number of rotatable bonds is 11. The Kier molecular flexibility index (Phi) is 8.98. The van der Waals surface area contributed by atoms with Gasteiger partial charge in [0.25, 0.3) is 11.7 Å². The van der Waals surface area contributed by atoms with E-state index in [2.05, 4.69) is 13.8 Å². The van der Waals surface area contributed by atoms with Crippen LogP contribution in [-0.4, -0.2) is 62.8 Å². The van der Waals surface area contributed by atoms with Crippen molar-refractivity contribution in [2.24, 2.45) is 5.92 Å². The van der Waals surface area contributed by atoms with Crippen LogP contribution < -0.4 is 14.2 Å². The molecule has 1 heterocycles. The predicted octanol–water partition coefficient (Wildman–Crippen LogP) is 4.51. The number of methoxy groups -OCH3 is 3. The van der Waals surface area contributed by atoms with Crippen molar-refractivity contribution in [1.82, 2.24) is 4.90 Å². The highest BCUT2D eigenvalue weighted by Crippen LogP contribution is 2.42. The molecule has 0 unspecified atom stereocenters.